The molecule has 2 unspecified atom stereocenters. The molecule has 3 rings (SSSR count). The summed E-state index contributed by atoms with van der Waals surface area (Å²) in [5.74, 6) is -0.441. The molecular formula is C14H16FN3. The van der Waals surface area contributed by atoms with Crippen LogP contribution in [0.4, 0.5) is 10.1 Å². The maximum Gasteiger partial charge on any atom is 0.143 e. The summed E-state index contributed by atoms with van der Waals surface area (Å²) in [6, 6.07) is 7.62. The van der Waals surface area contributed by atoms with Gasteiger partial charge in [0, 0.05) is 24.3 Å². The zero-order valence-electron chi connectivity index (χ0n) is 10.2. The van der Waals surface area contributed by atoms with Gasteiger partial charge >= 0.3 is 0 Å². The quantitative estimate of drug-likeness (QED) is 0.869. The third kappa shape index (κ3) is 1.95. The number of halogens is 1. The van der Waals surface area contributed by atoms with Gasteiger partial charge in [-0.1, -0.05) is 0 Å². The number of nitriles is 1. The molecule has 1 aromatic rings. The van der Waals surface area contributed by atoms with E-state index in [-0.39, 0.29) is 5.56 Å². The zero-order valence-corrected chi connectivity index (χ0v) is 10.2. The Balaban J connectivity index is 1.73. The molecule has 2 saturated heterocycles. The van der Waals surface area contributed by atoms with Crippen molar-refractivity contribution in [1.82, 2.24) is 4.90 Å². The van der Waals surface area contributed by atoms with Crippen LogP contribution >= 0.6 is 0 Å². The summed E-state index contributed by atoms with van der Waals surface area (Å²) in [4.78, 5) is 2.51. The van der Waals surface area contributed by atoms with Gasteiger partial charge in [0.2, 0.25) is 0 Å². The number of nitrogens with zero attached hydrogens (tertiary/aromatic N) is 2. The first-order valence-corrected chi connectivity index (χ1v) is 6.48. The van der Waals surface area contributed by atoms with Crippen molar-refractivity contribution >= 4 is 5.69 Å². The summed E-state index contributed by atoms with van der Waals surface area (Å²) >= 11 is 0. The molecule has 18 heavy (non-hydrogen) atoms. The van der Waals surface area contributed by atoms with E-state index in [2.05, 4.69) is 10.2 Å². The second-order valence-electron chi connectivity index (χ2n) is 5.09. The molecule has 2 atom stereocenters. The van der Waals surface area contributed by atoms with Crippen molar-refractivity contribution in [3.8, 4) is 6.07 Å². The molecule has 0 bridgehead atoms. The molecule has 4 heteroatoms. The number of rotatable bonds is 2. The molecule has 0 saturated carbocycles. The third-order valence-electron chi connectivity index (χ3n) is 4.05. The molecule has 1 aromatic carbocycles. The van der Waals surface area contributed by atoms with Crippen LogP contribution in [-0.2, 0) is 0 Å². The summed E-state index contributed by atoms with van der Waals surface area (Å²) in [5, 5.41) is 12.1. The van der Waals surface area contributed by atoms with Crippen molar-refractivity contribution in [3.63, 3.8) is 0 Å². The first-order valence-electron chi connectivity index (χ1n) is 6.48. The minimum Gasteiger partial charge on any atom is -0.381 e. The van der Waals surface area contributed by atoms with Crippen LogP contribution in [0.25, 0.3) is 0 Å². The minimum atomic E-state index is -0.441. The lowest BCUT2D eigenvalue weighted by molar-refractivity contribution is 0.318. The second kappa shape index (κ2) is 4.58. The number of benzene rings is 1. The summed E-state index contributed by atoms with van der Waals surface area (Å²) in [6.07, 6.45) is 3.62. The van der Waals surface area contributed by atoms with Gasteiger partial charge in [-0.3, -0.25) is 4.90 Å². The highest BCUT2D eigenvalue weighted by atomic mass is 19.1. The minimum absolute atomic E-state index is 0.106. The van der Waals surface area contributed by atoms with E-state index >= 15 is 0 Å². The van der Waals surface area contributed by atoms with Gasteiger partial charge in [0.1, 0.15) is 11.9 Å². The van der Waals surface area contributed by atoms with Crippen LogP contribution in [-0.4, -0.2) is 30.1 Å². The number of hydrogen-bond acceptors (Lipinski definition) is 3. The van der Waals surface area contributed by atoms with E-state index in [1.54, 1.807) is 12.1 Å². The molecule has 2 fully saturated rings. The van der Waals surface area contributed by atoms with Crippen molar-refractivity contribution in [2.24, 2.45) is 0 Å². The number of nitrogens with one attached hydrogen (secondary N) is 1. The first kappa shape index (κ1) is 11.5. The highest BCUT2D eigenvalue weighted by Gasteiger charge is 2.36. The number of hydrogen-bond donors (Lipinski definition) is 1. The molecule has 2 heterocycles. The molecular weight excluding hydrogens is 229 g/mol. The van der Waals surface area contributed by atoms with E-state index in [0.717, 1.165) is 18.7 Å². The highest BCUT2D eigenvalue weighted by Crippen LogP contribution is 2.30. The number of fused-ring (bicyclic) bond motifs is 1. The van der Waals surface area contributed by atoms with Gasteiger partial charge < -0.3 is 5.32 Å². The molecule has 94 valence electrons. The maximum atomic E-state index is 13.5. The topological polar surface area (TPSA) is 39.1 Å². The SMILES string of the molecule is N#Cc1ccc(NC2CCN3CCCC23)cc1F. The zero-order chi connectivity index (χ0) is 12.5. The van der Waals surface area contributed by atoms with Gasteiger partial charge in [0.25, 0.3) is 0 Å². The van der Waals surface area contributed by atoms with Crippen LogP contribution in [0.5, 0.6) is 0 Å². The lowest BCUT2D eigenvalue weighted by Crippen LogP contribution is -2.33. The van der Waals surface area contributed by atoms with Crippen LogP contribution in [0, 0.1) is 17.1 Å². The van der Waals surface area contributed by atoms with E-state index in [1.807, 2.05) is 6.07 Å². The standard InChI is InChI=1S/C14H16FN3/c15-12-8-11(4-3-10(12)9-16)17-13-5-7-18-6-1-2-14(13)18/h3-4,8,13-14,17H,1-2,5-7H2. The van der Waals surface area contributed by atoms with Gasteiger partial charge in [-0.25, -0.2) is 4.39 Å². The third-order valence-corrected chi connectivity index (χ3v) is 4.05. The average Bonchev–Trinajstić information content (AvgIpc) is 2.94. The van der Waals surface area contributed by atoms with E-state index in [4.69, 9.17) is 5.26 Å². The fraction of sp³-hybridized carbons (Fsp3) is 0.500. The monoisotopic (exact) mass is 245 g/mol. The fourth-order valence-corrected chi connectivity index (χ4v) is 3.16. The Labute approximate surface area is 106 Å². The molecule has 0 aromatic heterocycles. The van der Waals surface area contributed by atoms with E-state index in [9.17, 15) is 4.39 Å². The van der Waals surface area contributed by atoms with Crippen LogP contribution in [0.3, 0.4) is 0 Å². The predicted molar refractivity (Wildman–Crippen MR) is 67.7 cm³/mol. The van der Waals surface area contributed by atoms with Crippen molar-refractivity contribution in [3.05, 3.63) is 29.6 Å². The molecule has 0 radical (unpaired) electrons. The lowest BCUT2D eigenvalue weighted by atomic mass is 10.1. The molecule has 1 N–H and O–H groups in total. The van der Waals surface area contributed by atoms with Gasteiger partial charge in [0.05, 0.1) is 5.56 Å². The smallest absolute Gasteiger partial charge is 0.143 e. The summed E-state index contributed by atoms with van der Waals surface area (Å²) in [5.41, 5.74) is 0.889. The summed E-state index contributed by atoms with van der Waals surface area (Å²) < 4.78 is 13.5. The summed E-state index contributed by atoms with van der Waals surface area (Å²) in [6.45, 7) is 2.34. The highest BCUT2D eigenvalue weighted by molar-refractivity contribution is 5.49. The Morgan fingerprint density at radius 2 is 2.22 bits per heavy atom. The van der Waals surface area contributed by atoms with Crippen molar-refractivity contribution in [1.29, 1.82) is 5.26 Å². The Hall–Kier alpha value is -1.60. The van der Waals surface area contributed by atoms with Crippen LogP contribution in [0.15, 0.2) is 18.2 Å². The van der Waals surface area contributed by atoms with E-state index in [0.29, 0.717) is 12.1 Å². The van der Waals surface area contributed by atoms with Crippen LogP contribution < -0.4 is 5.32 Å². The molecule has 0 amide bonds. The van der Waals surface area contributed by atoms with Crippen molar-refractivity contribution < 1.29 is 4.39 Å². The van der Waals surface area contributed by atoms with Gasteiger partial charge in [-0.15, -0.1) is 0 Å². The second-order valence-corrected chi connectivity index (χ2v) is 5.09. The largest absolute Gasteiger partial charge is 0.381 e. The molecule has 3 nitrogen and oxygen atoms in total. The fourth-order valence-electron chi connectivity index (χ4n) is 3.16. The van der Waals surface area contributed by atoms with Crippen molar-refractivity contribution in [2.75, 3.05) is 18.4 Å². The first-order chi connectivity index (χ1) is 8.78. The Bertz CT molecular complexity index is 494. The normalized spacial score (nSPS) is 26.9. The predicted octanol–water partition coefficient (Wildman–Crippen LogP) is 2.35. The Morgan fingerprint density at radius 1 is 1.33 bits per heavy atom. The van der Waals surface area contributed by atoms with E-state index in [1.165, 1.54) is 25.5 Å². The average molecular weight is 245 g/mol. The molecule has 2 aliphatic heterocycles. The van der Waals surface area contributed by atoms with Gasteiger partial charge in [0.15, 0.2) is 0 Å². The number of anilines is 1. The Morgan fingerprint density at radius 3 is 3.00 bits per heavy atom. The molecule has 2 aliphatic rings. The van der Waals surface area contributed by atoms with Crippen LogP contribution in [0.1, 0.15) is 24.8 Å². The van der Waals surface area contributed by atoms with Crippen LogP contribution in [0.2, 0.25) is 0 Å². The maximum absolute atomic E-state index is 13.5. The van der Waals surface area contributed by atoms with E-state index < -0.39 is 5.82 Å². The van der Waals surface area contributed by atoms with Crippen molar-refractivity contribution in [2.45, 2.75) is 31.3 Å². The molecule has 0 aliphatic carbocycles. The van der Waals surface area contributed by atoms with Gasteiger partial charge in [-0.05, 0) is 44.0 Å². The lowest BCUT2D eigenvalue weighted by Gasteiger charge is -2.22. The van der Waals surface area contributed by atoms with Gasteiger partial charge in [-0.2, -0.15) is 5.26 Å². The summed E-state index contributed by atoms with van der Waals surface area (Å²) in [7, 11) is 0. The Kier molecular flexibility index (Phi) is 2.92. The molecule has 0 spiro atoms.